The average Bonchev–Trinajstić information content (AvgIpc) is 2.99. The van der Waals surface area contributed by atoms with Gasteiger partial charge >= 0.3 is 0 Å². The van der Waals surface area contributed by atoms with Crippen LogP contribution in [0.5, 0.6) is 0 Å². The molecule has 2 heteroatoms. The van der Waals surface area contributed by atoms with Crippen LogP contribution in [0.25, 0.3) is 10.4 Å². The molecule has 3 rings (SSSR count). The zero-order chi connectivity index (χ0) is 11.9. The second kappa shape index (κ2) is 3.97. The minimum atomic E-state index is 0.326. The molecule has 0 saturated heterocycles. The lowest BCUT2D eigenvalue weighted by molar-refractivity contribution is 0.720. The lowest BCUT2D eigenvalue weighted by atomic mass is 10.1. The van der Waals surface area contributed by atoms with E-state index in [0.29, 0.717) is 5.41 Å². The second-order valence-electron chi connectivity index (χ2n) is 5.02. The van der Waals surface area contributed by atoms with Crippen LogP contribution in [0.4, 0.5) is 0 Å². The SMILES string of the molecule is Cc1cccc(-c2ccc(C3(CN)CC3)s2)c1. The number of nitrogens with two attached hydrogens (primary N) is 1. The molecule has 0 aliphatic heterocycles. The Bertz CT molecular complexity index is 537. The highest BCUT2D eigenvalue weighted by molar-refractivity contribution is 7.15. The van der Waals surface area contributed by atoms with E-state index in [9.17, 15) is 0 Å². The van der Waals surface area contributed by atoms with Gasteiger partial charge in [-0.2, -0.15) is 0 Å². The van der Waals surface area contributed by atoms with Crippen LogP contribution in [-0.4, -0.2) is 6.54 Å². The minimum absolute atomic E-state index is 0.326. The minimum Gasteiger partial charge on any atom is -0.330 e. The summed E-state index contributed by atoms with van der Waals surface area (Å²) in [5, 5.41) is 0. The van der Waals surface area contributed by atoms with Gasteiger partial charge in [-0.05, 0) is 37.5 Å². The van der Waals surface area contributed by atoms with Crippen molar-refractivity contribution in [2.24, 2.45) is 5.73 Å². The van der Waals surface area contributed by atoms with Crippen molar-refractivity contribution in [3.63, 3.8) is 0 Å². The topological polar surface area (TPSA) is 26.0 Å². The molecule has 0 bridgehead atoms. The van der Waals surface area contributed by atoms with Gasteiger partial charge in [-0.15, -0.1) is 11.3 Å². The Hall–Kier alpha value is -1.12. The monoisotopic (exact) mass is 243 g/mol. The van der Waals surface area contributed by atoms with Crippen LogP contribution < -0.4 is 5.73 Å². The summed E-state index contributed by atoms with van der Waals surface area (Å²) in [7, 11) is 0. The number of hydrogen-bond acceptors (Lipinski definition) is 2. The van der Waals surface area contributed by atoms with E-state index in [4.69, 9.17) is 5.73 Å². The van der Waals surface area contributed by atoms with Gasteiger partial charge in [0.2, 0.25) is 0 Å². The van der Waals surface area contributed by atoms with Gasteiger partial charge < -0.3 is 5.73 Å². The Morgan fingerprint density at radius 2 is 2.06 bits per heavy atom. The van der Waals surface area contributed by atoms with Crippen molar-refractivity contribution in [3.8, 4) is 10.4 Å². The smallest absolute Gasteiger partial charge is 0.0345 e. The summed E-state index contributed by atoms with van der Waals surface area (Å²) in [5.74, 6) is 0. The fourth-order valence-corrected chi connectivity index (χ4v) is 3.54. The maximum Gasteiger partial charge on any atom is 0.0345 e. The molecule has 1 nitrogen and oxygen atoms in total. The first-order valence-corrected chi connectivity index (χ1v) is 6.93. The first-order valence-electron chi connectivity index (χ1n) is 6.11. The van der Waals surface area contributed by atoms with Crippen LogP contribution in [0.2, 0.25) is 0 Å². The lowest BCUT2D eigenvalue weighted by Gasteiger charge is -2.08. The molecular formula is C15H17NS. The summed E-state index contributed by atoms with van der Waals surface area (Å²) in [5.41, 5.74) is 8.85. The van der Waals surface area contributed by atoms with E-state index >= 15 is 0 Å². The average molecular weight is 243 g/mol. The molecule has 1 aliphatic carbocycles. The fourth-order valence-electron chi connectivity index (χ4n) is 2.28. The van der Waals surface area contributed by atoms with Crippen LogP contribution in [-0.2, 0) is 5.41 Å². The zero-order valence-corrected chi connectivity index (χ0v) is 10.9. The summed E-state index contributed by atoms with van der Waals surface area (Å²) >= 11 is 1.91. The van der Waals surface area contributed by atoms with Gasteiger partial charge in [0.1, 0.15) is 0 Å². The summed E-state index contributed by atoms with van der Waals surface area (Å²) < 4.78 is 0. The third kappa shape index (κ3) is 1.92. The van der Waals surface area contributed by atoms with E-state index in [0.717, 1.165) is 6.54 Å². The number of benzene rings is 1. The van der Waals surface area contributed by atoms with Crippen molar-refractivity contribution >= 4 is 11.3 Å². The van der Waals surface area contributed by atoms with Gasteiger partial charge in [-0.3, -0.25) is 0 Å². The number of hydrogen-bond donors (Lipinski definition) is 1. The normalized spacial score (nSPS) is 17.1. The van der Waals surface area contributed by atoms with Gasteiger partial charge in [0.15, 0.2) is 0 Å². The van der Waals surface area contributed by atoms with E-state index in [1.165, 1.54) is 33.7 Å². The molecule has 1 saturated carbocycles. The molecule has 0 spiro atoms. The summed E-state index contributed by atoms with van der Waals surface area (Å²) in [6.07, 6.45) is 2.52. The van der Waals surface area contributed by atoms with Crippen molar-refractivity contribution in [2.45, 2.75) is 25.2 Å². The second-order valence-corrected chi connectivity index (χ2v) is 6.10. The lowest BCUT2D eigenvalue weighted by Crippen LogP contribution is -2.18. The Morgan fingerprint density at radius 1 is 1.24 bits per heavy atom. The van der Waals surface area contributed by atoms with Gasteiger partial charge in [-0.1, -0.05) is 29.8 Å². The maximum atomic E-state index is 5.88. The molecule has 0 amide bonds. The van der Waals surface area contributed by atoms with Crippen molar-refractivity contribution in [2.75, 3.05) is 6.54 Å². The van der Waals surface area contributed by atoms with Crippen LogP contribution in [0, 0.1) is 6.92 Å². The number of rotatable bonds is 3. The Labute approximate surface area is 106 Å². The molecule has 1 heterocycles. The highest BCUT2D eigenvalue weighted by Gasteiger charge is 2.43. The maximum absolute atomic E-state index is 5.88. The van der Waals surface area contributed by atoms with Gasteiger partial charge in [0.25, 0.3) is 0 Å². The summed E-state index contributed by atoms with van der Waals surface area (Å²) in [4.78, 5) is 2.83. The quantitative estimate of drug-likeness (QED) is 0.873. The molecule has 2 N–H and O–H groups in total. The van der Waals surface area contributed by atoms with Crippen molar-refractivity contribution in [1.29, 1.82) is 0 Å². The molecule has 1 fully saturated rings. The highest BCUT2D eigenvalue weighted by atomic mass is 32.1. The van der Waals surface area contributed by atoms with Crippen molar-refractivity contribution in [1.82, 2.24) is 0 Å². The fraction of sp³-hybridized carbons (Fsp3) is 0.333. The molecule has 1 aliphatic rings. The molecule has 0 unspecified atom stereocenters. The standard InChI is InChI=1S/C15H17NS/c1-11-3-2-4-12(9-11)13-5-6-14(17-13)15(10-16)7-8-15/h2-6,9H,7-8,10,16H2,1H3. The molecule has 1 aromatic heterocycles. The van der Waals surface area contributed by atoms with Crippen molar-refractivity contribution < 1.29 is 0 Å². The predicted molar refractivity (Wildman–Crippen MR) is 74.5 cm³/mol. The van der Waals surface area contributed by atoms with Crippen LogP contribution >= 0.6 is 11.3 Å². The Kier molecular flexibility index (Phi) is 2.57. The third-order valence-corrected chi connectivity index (χ3v) is 5.06. The number of thiophene rings is 1. The van der Waals surface area contributed by atoms with Gasteiger partial charge in [0.05, 0.1) is 0 Å². The van der Waals surface area contributed by atoms with E-state index in [1.807, 2.05) is 11.3 Å². The Morgan fingerprint density at radius 3 is 2.71 bits per heavy atom. The molecule has 0 radical (unpaired) electrons. The van der Waals surface area contributed by atoms with Crippen molar-refractivity contribution in [3.05, 3.63) is 46.8 Å². The van der Waals surface area contributed by atoms with E-state index in [2.05, 4.69) is 43.3 Å². The predicted octanol–water partition coefficient (Wildman–Crippen LogP) is 3.71. The molecular weight excluding hydrogens is 226 g/mol. The summed E-state index contributed by atoms with van der Waals surface area (Å²) in [6.45, 7) is 2.93. The molecule has 17 heavy (non-hydrogen) atoms. The van der Waals surface area contributed by atoms with Crippen LogP contribution in [0.3, 0.4) is 0 Å². The molecule has 88 valence electrons. The molecule has 1 aromatic carbocycles. The number of aryl methyl sites for hydroxylation is 1. The first-order chi connectivity index (χ1) is 8.23. The molecule has 0 atom stereocenters. The van der Waals surface area contributed by atoms with Gasteiger partial charge in [0, 0.05) is 21.7 Å². The van der Waals surface area contributed by atoms with E-state index in [1.54, 1.807) is 0 Å². The zero-order valence-electron chi connectivity index (χ0n) is 10.1. The highest BCUT2D eigenvalue weighted by Crippen LogP contribution is 2.50. The molecule has 2 aromatic rings. The van der Waals surface area contributed by atoms with E-state index < -0.39 is 0 Å². The first kappa shape index (κ1) is 11.0. The Balaban J connectivity index is 1.95. The van der Waals surface area contributed by atoms with E-state index in [-0.39, 0.29) is 0 Å². The largest absolute Gasteiger partial charge is 0.330 e. The third-order valence-electron chi connectivity index (χ3n) is 3.68. The summed E-state index contributed by atoms with van der Waals surface area (Å²) in [6, 6.07) is 13.2. The van der Waals surface area contributed by atoms with Crippen LogP contribution in [0.15, 0.2) is 36.4 Å². The van der Waals surface area contributed by atoms with Crippen LogP contribution in [0.1, 0.15) is 23.3 Å². The van der Waals surface area contributed by atoms with Gasteiger partial charge in [-0.25, -0.2) is 0 Å².